The van der Waals surface area contributed by atoms with E-state index in [0.29, 0.717) is 24.4 Å². The number of carbonyl (C=O) groups is 2. The Labute approximate surface area is 174 Å². The van der Waals surface area contributed by atoms with E-state index in [0.717, 1.165) is 29.6 Å². The summed E-state index contributed by atoms with van der Waals surface area (Å²) in [6.07, 6.45) is 7.22. The van der Waals surface area contributed by atoms with Crippen molar-refractivity contribution in [3.8, 4) is 11.5 Å². The van der Waals surface area contributed by atoms with Crippen molar-refractivity contribution in [1.82, 2.24) is 25.2 Å². The number of oxazole rings is 1. The summed E-state index contributed by atoms with van der Waals surface area (Å²) < 4.78 is 5.60. The molecule has 9 nitrogen and oxygen atoms in total. The van der Waals surface area contributed by atoms with Gasteiger partial charge in [0, 0.05) is 49.9 Å². The average Bonchev–Trinajstić information content (AvgIpc) is 3.44. The first-order valence-electron chi connectivity index (χ1n) is 10.2. The molecule has 158 valence electrons. The van der Waals surface area contributed by atoms with Gasteiger partial charge in [0.25, 0.3) is 5.91 Å². The Morgan fingerprint density at radius 2 is 2.20 bits per heavy atom. The fourth-order valence-corrected chi connectivity index (χ4v) is 3.93. The molecule has 0 bridgehead atoms. The monoisotopic (exact) mass is 410 g/mol. The number of aromatic amines is 1. The van der Waals surface area contributed by atoms with Gasteiger partial charge < -0.3 is 24.9 Å². The van der Waals surface area contributed by atoms with Gasteiger partial charge in [-0.25, -0.2) is 9.97 Å². The van der Waals surface area contributed by atoms with Crippen LogP contribution in [0.3, 0.4) is 0 Å². The molecule has 1 aliphatic heterocycles. The number of pyridine rings is 1. The van der Waals surface area contributed by atoms with E-state index in [9.17, 15) is 9.59 Å². The maximum Gasteiger partial charge on any atom is 0.272 e. The summed E-state index contributed by atoms with van der Waals surface area (Å²) >= 11 is 0. The number of nitrogens with one attached hydrogen (secondary N) is 3. The van der Waals surface area contributed by atoms with Crippen molar-refractivity contribution < 1.29 is 14.0 Å². The molecule has 30 heavy (non-hydrogen) atoms. The van der Waals surface area contributed by atoms with Crippen molar-refractivity contribution in [3.05, 3.63) is 30.4 Å². The number of carbonyl (C=O) groups excluding carboxylic acids is 2. The van der Waals surface area contributed by atoms with Gasteiger partial charge in [0.05, 0.1) is 11.3 Å². The molecule has 0 saturated carbocycles. The van der Waals surface area contributed by atoms with E-state index in [-0.39, 0.29) is 29.6 Å². The number of nitrogens with zero attached hydrogens (tertiary/aromatic N) is 3. The van der Waals surface area contributed by atoms with Crippen LogP contribution in [0.5, 0.6) is 0 Å². The van der Waals surface area contributed by atoms with E-state index >= 15 is 0 Å². The zero-order valence-corrected chi connectivity index (χ0v) is 17.4. The Morgan fingerprint density at radius 1 is 1.37 bits per heavy atom. The van der Waals surface area contributed by atoms with Gasteiger partial charge >= 0.3 is 0 Å². The van der Waals surface area contributed by atoms with E-state index < -0.39 is 0 Å². The number of hydrogen-bond donors (Lipinski definition) is 3. The summed E-state index contributed by atoms with van der Waals surface area (Å²) in [5.74, 6) is 0.168. The number of aromatic nitrogens is 3. The molecule has 3 N–H and O–H groups in total. The van der Waals surface area contributed by atoms with Crippen molar-refractivity contribution in [2.24, 2.45) is 0 Å². The lowest BCUT2D eigenvalue weighted by Gasteiger charge is -2.38. The Hall–Kier alpha value is -3.36. The molecule has 1 saturated heterocycles. The van der Waals surface area contributed by atoms with Crippen LogP contribution >= 0.6 is 0 Å². The number of rotatable bonds is 5. The van der Waals surface area contributed by atoms with Crippen molar-refractivity contribution in [2.45, 2.75) is 45.2 Å². The number of fused-ring (bicyclic) bond motifs is 1. The van der Waals surface area contributed by atoms with Crippen LogP contribution in [0.15, 0.2) is 29.1 Å². The van der Waals surface area contributed by atoms with Crippen molar-refractivity contribution in [1.29, 1.82) is 0 Å². The fraction of sp³-hybridized carbons (Fsp3) is 0.429. The van der Waals surface area contributed by atoms with Crippen molar-refractivity contribution in [2.75, 3.05) is 18.9 Å². The van der Waals surface area contributed by atoms with Gasteiger partial charge in [-0.05, 0) is 25.8 Å². The highest BCUT2D eigenvalue weighted by atomic mass is 16.3. The standard InChI is InChI=1S/C21H26N6O3/c1-4-17(28)27-10-13(6-5-12(27)2)25-18-14-7-8-23-19(14)24-9-15(18)21-26-16(11-30-21)20(29)22-3/h7-9,11-13H,4-6,10H2,1-3H3,(H,22,29)(H2,23,24,25)/t12-,13+/m0/s1. The summed E-state index contributed by atoms with van der Waals surface area (Å²) in [7, 11) is 1.55. The molecule has 4 heterocycles. The number of H-pyrrole nitrogens is 1. The molecule has 3 aromatic heterocycles. The minimum Gasteiger partial charge on any atom is -0.443 e. The molecule has 9 heteroatoms. The molecule has 1 aliphatic rings. The first-order valence-corrected chi connectivity index (χ1v) is 10.2. The Balaban J connectivity index is 1.68. The largest absolute Gasteiger partial charge is 0.443 e. The third kappa shape index (κ3) is 3.62. The summed E-state index contributed by atoms with van der Waals surface area (Å²) in [4.78, 5) is 38.1. The third-order valence-corrected chi connectivity index (χ3v) is 5.63. The molecule has 0 unspecified atom stereocenters. The molecule has 1 fully saturated rings. The quantitative estimate of drug-likeness (QED) is 0.596. The Bertz CT molecular complexity index is 1070. The zero-order chi connectivity index (χ0) is 21.3. The summed E-state index contributed by atoms with van der Waals surface area (Å²) in [5, 5.41) is 7.05. The molecule has 2 amide bonds. The van der Waals surface area contributed by atoms with E-state index in [1.807, 2.05) is 24.1 Å². The van der Waals surface area contributed by atoms with Crippen LogP contribution in [0, 0.1) is 0 Å². The summed E-state index contributed by atoms with van der Waals surface area (Å²) in [6.45, 7) is 4.62. The summed E-state index contributed by atoms with van der Waals surface area (Å²) in [5.41, 5.74) is 2.45. The lowest BCUT2D eigenvalue weighted by molar-refractivity contribution is -0.134. The van der Waals surface area contributed by atoms with Gasteiger partial charge in [-0.2, -0.15) is 0 Å². The number of likely N-dealkylation sites (tertiary alicyclic amines) is 1. The molecular weight excluding hydrogens is 384 g/mol. The molecule has 3 aromatic rings. The van der Waals surface area contributed by atoms with Crippen molar-refractivity contribution >= 4 is 28.5 Å². The van der Waals surface area contributed by atoms with Crippen LogP contribution in [-0.4, -0.2) is 57.3 Å². The lowest BCUT2D eigenvalue weighted by Crippen LogP contribution is -2.49. The van der Waals surface area contributed by atoms with Crippen LogP contribution in [0.1, 0.15) is 43.6 Å². The van der Waals surface area contributed by atoms with Gasteiger partial charge in [-0.1, -0.05) is 6.92 Å². The Kier molecular flexibility index (Phi) is 5.43. The second-order valence-electron chi connectivity index (χ2n) is 7.57. The van der Waals surface area contributed by atoms with Crippen LogP contribution in [0.2, 0.25) is 0 Å². The van der Waals surface area contributed by atoms with Gasteiger partial charge in [0.1, 0.15) is 11.9 Å². The van der Waals surface area contributed by atoms with Gasteiger partial charge in [-0.15, -0.1) is 0 Å². The van der Waals surface area contributed by atoms with Crippen molar-refractivity contribution in [3.63, 3.8) is 0 Å². The predicted molar refractivity (Wildman–Crippen MR) is 113 cm³/mol. The lowest BCUT2D eigenvalue weighted by atomic mass is 9.98. The summed E-state index contributed by atoms with van der Waals surface area (Å²) in [6, 6.07) is 2.27. The van der Waals surface area contributed by atoms with E-state index in [1.165, 1.54) is 6.26 Å². The molecule has 0 aromatic carbocycles. The molecule has 0 aliphatic carbocycles. The average molecular weight is 410 g/mol. The third-order valence-electron chi connectivity index (χ3n) is 5.63. The second kappa shape index (κ2) is 8.17. The number of hydrogen-bond acceptors (Lipinski definition) is 6. The minimum absolute atomic E-state index is 0.0873. The van der Waals surface area contributed by atoms with Gasteiger partial charge in [0.2, 0.25) is 11.8 Å². The number of anilines is 1. The van der Waals surface area contributed by atoms with Crippen LogP contribution in [0.25, 0.3) is 22.5 Å². The predicted octanol–water partition coefficient (Wildman–Crippen LogP) is 2.78. The van der Waals surface area contributed by atoms with E-state index in [2.05, 4.69) is 32.5 Å². The zero-order valence-electron chi connectivity index (χ0n) is 17.4. The molecule has 0 radical (unpaired) electrons. The molecule has 4 rings (SSSR count). The smallest absolute Gasteiger partial charge is 0.272 e. The molecule has 2 atom stereocenters. The van der Waals surface area contributed by atoms with E-state index in [1.54, 1.807) is 13.2 Å². The maximum atomic E-state index is 12.4. The normalized spacial score (nSPS) is 19.1. The van der Waals surface area contributed by atoms with E-state index in [4.69, 9.17) is 4.42 Å². The highest BCUT2D eigenvalue weighted by molar-refractivity contribution is 5.98. The van der Waals surface area contributed by atoms with Crippen LogP contribution in [0.4, 0.5) is 5.69 Å². The van der Waals surface area contributed by atoms with Crippen LogP contribution < -0.4 is 10.6 Å². The van der Waals surface area contributed by atoms with Gasteiger partial charge in [-0.3, -0.25) is 9.59 Å². The van der Waals surface area contributed by atoms with Crippen LogP contribution in [-0.2, 0) is 4.79 Å². The highest BCUT2D eigenvalue weighted by Gasteiger charge is 2.29. The first-order chi connectivity index (χ1) is 14.5. The topological polar surface area (TPSA) is 116 Å². The number of amides is 2. The highest BCUT2D eigenvalue weighted by Crippen LogP contribution is 2.34. The SMILES string of the molecule is CCC(=O)N1C[C@H](Nc2c(-c3nc(C(=O)NC)co3)cnc3[nH]ccc23)CC[C@@H]1C. The fourth-order valence-electron chi connectivity index (χ4n) is 3.93. The first kappa shape index (κ1) is 19.9. The molecule has 0 spiro atoms. The second-order valence-corrected chi connectivity index (χ2v) is 7.57. The minimum atomic E-state index is -0.315. The maximum absolute atomic E-state index is 12.4. The number of piperidine rings is 1. The molecular formula is C21H26N6O3. The van der Waals surface area contributed by atoms with Gasteiger partial charge in [0.15, 0.2) is 5.69 Å². The Morgan fingerprint density at radius 3 is 2.97 bits per heavy atom.